The molecule has 0 unspecified atom stereocenters. The number of nitrogens with one attached hydrogen (secondary N) is 1. The normalized spacial score (nSPS) is 16.3. The number of aromatic hydroxyl groups is 1. The summed E-state index contributed by atoms with van der Waals surface area (Å²) in [6.45, 7) is 14.0. The third-order valence-corrected chi connectivity index (χ3v) is 7.70. The molecule has 0 saturated heterocycles. The molecular formula is C33H39NO2. The van der Waals surface area contributed by atoms with Crippen LogP contribution in [-0.4, -0.2) is 11.0 Å². The lowest BCUT2D eigenvalue weighted by atomic mass is 9.62. The number of amides is 1. The van der Waals surface area contributed by atoms with Crippen molar-refractivity contribution < 1.29 is 9.90 Å². The van der Waals surface area contributed by atoms with Crippen LogP contribution in [0.2, 0.25) is 0 Å². The van der Waals surface area contributed by atoms with Crippen LogP contribution in [0.3, 0.4) is 0 Å². The molecule has 1 aliphatic carbocycles. The largest absolute Gasteiger partial charge is 0.508 e. The van der Waals surface area contributed by atoms with Crippen molar-refractivity contribution in [3.05, 3.63) is 94.0 Å². The number of hydrogen-bond acceptors (Lipinski definition) is 2. The number of phenolic OH excluding ortho intramolecular Hbond substituents is 1. The van der Waals surface area contributed by atoms with Gasteiger partial charge in [0.1, 0.15) is 5.75 Å². The smallest absolute Gasteiger partial charge is 0.255 e. The highest BCUT2D eigenvalue weighted by molar-refractivity contribution is 6.04. The Bertz CT molecular complexity index is 1280. The SMILES string of the molecule is CCCc1cc2c(cc1C(C)=Cc1ccc(C(=O)Nc3ccc(O)cc3)cc1)C(C)(C)CCC2(C)C. The predicted octanol–water partition coefficient (Wildman–Crippen LogP) is 8.51. The molecule has 4 rings (SSSR count). The fourth-order valence-corrected chi connectivity index (χ4v) is 5.31. The van der Waals surface area contributed by atoms with Gasteiger partial charge < -0.3 is 10.4 Å². The Morgan fingerprint density at radius 1 is 0.917 bits per heavy atom. The van der Waals surface area contributed by atoms with E-state index >= 15 is 0 Å². The van der Waals surface area contributed by atoms with Crippen molar-refractivity contribution in [2.24, 2.45) is 0 Å². The van der Waals surface area contributed by atoms with E-state index < -0.39 is 0 Å². The van der Waals surface area contributed by atoms with Crippen LogP contribution in [0.25, 0.3) is 11.6 Å². The average Bonchev–Trinajstić information content (AvgIpc) is 2.84. The highest BCUT2D eigenvalue weighted by Gasteiger charge is 2.37. The monoisotopic (exact) mass is 481 g/mol. The molecule has 1 aliphatic rings. The number of fused-ring (bicyclic) bond motifs is 1. The van der Waals surface area contributed by atoms with E-state index in [2.05, 4.69) is 65.1 Å². The first kappa shape index (κ1) is 25.8. The van der Waals surface area contributed by atoms with Crippen molar-refractivity contribution in [1.29, 1.82) is 0 Å². The molecule has 0 bridgehead atoms. The van der Waals surface area contributed by atoms with E-state index in [9.17, 15) is 9.90 Å². The Hall–Kier alpha value is -3.33. The topological polar surface area (TPSA) is 49.3 Å². The van der Waals surface area contributed by atoms with Crippen LogP contribution in [0.4, 0.5) is 5.69 Å². The summed E-state index contributed by atoms with van der Waals surface area (Å²) >= 11 is 0. The molecule has 1 amide bonds. The highest BCUT2D eigenvalue weighted by atomic mass is 16.3. The number of carbonyl (C=O) groups is 1. The van der Waals surface area contributed by atoms with Crippen LogP contribution in [0, 0.1) is 0 Å². The van der Waals surface area contributed by atoms with Crippen LogP contribution in [-0.2, 0) is 17.3 Å². The van der Waals surface area contributed by atoms with Gasteiger partial charge in [0.2, 0.25) is 0 Å². The Labute approximate surface area is 216 Å². The van der Waals surface area contributed by atoms with Gasteiger partial charge in [0.25, 0.3) is 5.91 Å². The zero-order valence-electron chi connectivity index (χ0n) is 22.5. The van der Waals surface area contributed by atoms with E-state index in [0.29, 0.717) is 11.3 Å². The summed E-state index contributed by atoms with van der Waals surface area (Å²) in [5.74, 6) is 0.00510. The molecule has 0 spiro atoms. The van der Waals surface area contributed by atoms with Crippen LogP contribution in [0.15, 0.2) is 60.7 Å². The van der Waals surface area contributed by atoms with Crippen LogP contribution < -0.4 is 5.32 Å². The molecule has 3 aromatic carbocycles. The van der Waals surface area contributed by atoms with Crippen molar-refractivity contribution in [1.82, 2.24) is 0 Å². The molecule has 0 radical (unpaired) electrons. The molecule has 0 aromatic heterocycles. The molecule has 3 nitrogen and oxygen atoms in total. The number of aryl methyl sites for hydroxylation is 1. The maximum absolute atomic E-state index is 12.6. The Morgan fingerprint density at radius 2 is 1.50 bits per heavy atom. The number of anilines is 1. The summed E-state index contributed by atoms with van der Waals surface area (Å²) in [4.78, 5) is 12.6. The van der Waals surface area contributed by atoms with Crippen molar-refractivity contribution >= 4 is 23.2 Å². The van der Waals surface area contributed by atoms with Gasteiger partial charge in [-0.3, -0.25) is 4.79 Å². The summed E-state index contributed by atoms with van der Waals surface area (Å²) in [7, 11) is 0. The summed E-state index contributed by atoms with van der Waals surface area (Å²) in [6.07, 6.45) is 6.84. The van der Waals surface area contributed by atoms with Gasteiger partial charge in [0, 0.05) is 11.3 Å². The molecule has 0 saturated carbocycles. The third-order valence-electron chi connectivity index (χ3n) is 7.70. The molecule has 3 aromatic rings. The second-order valence-electron chi connectivity index (χ2n) is 11.5. The Morgan fingerprint density at radius 3 is 2.08 bits per heavy atom. The Balaban J connectivity index is 1.62. The van der Waals surface area contributed by atoms with Crippen molar-refractivity contribution in [2.45, 2.75) is 78.1 Å². The van der Waals surface area contributed by atoms with Crippen LogP contribution in [0.5, 0.6) is 5.75 Å². The van der Waals surface area contributed by atoms with Gasteiger partial charge in [-0.2, -0.15) is 0 Å². The molecule has 188 valence electrons. The molecule has 0 fully saturated rings. The van der Waals surface area contributed by atoms with Gasteiger partial charge in [-0.25, -0.2) is 0 Å². The maximum Gasteiger partial charge on any atom is 0.255 e. The number of carbonyl (C=O) groups excluding carboxylic acids is 1. The van der Waals surface area contributed by atoms with E-state index in [1.54, 1.807) is 24.3 Å². The lowest BCUT2D eigenvalue weighted by Crippen LogP contribution is -2.34. The van der Waals surface area contributed by atoms with E-state index in [4.69, 9.17) is 0 Å². The molecule has 36 heavy (non-hydrogen) atoms. The minimum absolute atomic E-state index is 0.169. The number of phenols is 1. The molecule has 2 N–H and O–H groups in total. The first-order valence-electron chi connectivity index (χ1n) is 13.1. The Kier molecular flexibility index (Phi) is 7.13. The number of benzene rings is 3. The van der Waals surface area contributed by atoms with Gasteiger partial charge in [0.15, 0.2) is 0 Å². The van der Waals surface area contributed by atoms with Gasteiger partial charge in [0.05, 0.1) is 0 Å². The lowest BCUT2D eigenvalue weighted by molar-refractivity contribution is 0.102. The quantitative estimate of drug-likeness (QED) is 0.274. The first-order valence-corrected chi connectivity index (χ1v) is 13.1. The van der Waals surface area contributed by atoms with E-state index in [1.165, 1.54) is 40.7 Å². The predicted molar refractivity (Wildman–Crippen MR) is 152 cm³/mol. The van der Waals surface area contributed by atoms with E-state index in [0.717, 1.165) is 18.4 Å². The first-order chi connectivity index (χ1) is 17.0. The number of rotatable bonds is 6. The highest BCUT2D eigenvalue weighted by Crippen LogP contribution is 2.47. The summed E-state index contributed by atoms with van der Waals surface area (Å²) < 4.78 is 0. The third kappa shape index (κ3) is 5.41. The molecule has 3 heteroatoms. The number of hydrogen-bond donors (Lipinski definition) is 2. The van der Waals surface area contributed by atoms with Crippen molar-refractivity contribution in [3.8, 4) is 5.75 Å². The minimum Gasteiger partial charge on any atom is -0.508 e. The molecule has 0 heterocycles. The average molecular weight is 482 g/mol. The molecule has 0 atom stereocenters. The zero-order chi connectivity index (χ0) is 26.1. The van der Waals surface area contributed by atoms with Gasteiger partial charge in [-0.15, -0.1) is 0 Å². The second-order valence-corrected chi connectivity index (χ2v) is 11.5. The maximum atomic E-state index is 12.6. The fraction of sp³-hybridized carbons (Fsp3) is 0.364. The van der Waals surface area contributed by atoms with Gasteiger partial charge >= 0.3 is 0 Å². The van der Waals surface area contributed by atoms with Crippen molar-refractivity contribution in [3.63, 3.8) is 0 Å². The molecule has 0 aliphatic heterocycles. The second kappa shape index (κ2) is 9.97. The standard InChI is InChI=1S/C33H39NO2/c1-7-8-25-20-29-30(33(5,6)18-17-32(29,3)4)21-28(25)22(2)19-23-9-11-24(12-10-23)31(36)34-26-13-15-27(35)16-14-26/h9-16,19-21,35H,7-8,17-18H2,1-6H3,(H,34,36). The van der Waals surface area contributed by atoms with E-state index in [1.807, 2.05) is 24.3 Å². The number of allylic oxidation sites excluding steroid dienone is 1. The van der Waals surface area contributed by atoms with Crippen molar-refractivity contribution in [2.75, 3.05) is 5.32 Å². The van der Waals surface area contributed by atoms with Gasteiger partial charge in [-0.05, 0) is 107 Å². The lowest BCUT2D eigenvalue weighted by Gasteiger charge is -2.42. The summed E-state index contributed by atoms with van der Waals surface area (Å²) in [5, 5.41) is 12.3. The van der Waals surface area contributed by atoms with Gasteiger partial charge in [-0.1, -0.05) is 71.4 Å². The van der Waals surface area contributed by atoms with Crippen LogP contribution in [0.1, 0.15) is 99.0 Å². The minimum atomic E-state index is -0.169. The zero-order valence-corrected chi connectivity index (χ0v) is 22.5. The van der Waals surface area contributed by atoms with E-state index in [-0.39, 0.29) is 22.5 Å². The summed E-state index contributed by atoms with van der Waals surface area (Å²) in [5.41, 5.74) is 9.75. The summed E-state index contributed by atoms with van der Waals surface area (Å²) in [6, 6.07) is 19.2. The van der Waals surface area contributed by atoms with Crippen LogP contribution >= 0.6 is 0 Å². The fourth-order valence-electron chi connectivity index (χ4n) is 5.31. The molecular weight excluding hydrogens is 442 g/mol.